The fraction of sp³-hybridized carbons (Fsp3) is 0.186. The van der Waals surface area contributed by atoms with Gasteiger partial charge in [-0.1, -0.05) is 104 Å². The Morgan fingerprint density at radius 2 is 1.67 bits per heavy atom. The number of hydrogen-bond acceptors (Lipinski definition) is 2. The minimum atomic E-state index is -0.402. The molecule has 5 unspecified atom stereocenters. The first kappa shape index (κ1) is 27.6. The lowest BCUT2D eigenvalue weighted by atomic mass is 9.41. The van der Waals surface area contributed by atoms with E-state index in [0.717, 1.165) is 29.5 Å². The molecule has 4 aromatic rings. The molecule has 1 aliphatic heterocycles. The SMILES string of the molecule is C=Cc1cccc(-c2ccc3c(c2)N(c2ccccc2)C2=CC4C5C=CC(c6ccncc6)(CC5)[C@@]23C(C=C)C4C=C)c1C=C. The highest BCUT2D eigenvalue weighted by Crippen LogP contribution is 2.71. The van der Waals surface area contributed by atoms with Gasteiger partial charge in [0.1, 0.15) is 0 Å². The standard InChI is InChI=1S/C43H38N2/c1-5-29-13-12-16-36(34(29)6-2)31-17-18-39-40(27-31)45(33-14-10-9-11-15-33)41-28-37-30-19-23-42(24-20-30,32-21-25-44-26-22-32)43(39,41)38(8-4)35(37)7-3/h5-19,21-23,25-28,30,35,37-38H,1-4,20,24H2/t30?,35?,37?,38?,42?,43-/m1/s1. The van der Waals surface area contributed by atoms with Crippen LogP contribution in [0.1, 0.15) is 35.1 Å². The number of nitrogens with zero attached hydrogens (tertiary/aromatic N) is 2. The second kappa shape index (κ2) is 10.3. The monoisotopic (exact) mass is 582 g/mol. The van der Waals surface area contributed by atoms with Crippen LogP contribution in [0.5, 0.6) is 0 Å². The van der Waals surface area contributed by atoms with E-state index in [9.17, 15) is 0 Å². The number of rotatable bonds is 7. The molecule has 7 aliphatic rings. The van der Waals surface area contributed by atoms with E-state index in [4.69, 9.17) is 0 Å². The number of fused-ring (bicyclic) bond motifs is 1. The van der Waals surface area contributed by atoms with Crippen LogP contribution in [0.2, 0.25) is 0 Å². The zero-order valence-electron chi connectivity index (χ0n) is 25.6. The van der Waals surface area contributed by atoms with E-state index in [1.54, 1.807) is 0 Å². The molecule has 4 bridgehead atoms. The molecule has 0 saturated heterocycles. The van der Waals surface area contributed by atoms with Crippen LogP contribution in [0, 0.1) is 23.7 Å². The average Bonchev–Trinajstić information content (AvgIpc) is 3.39. The maximum Gasteiger partial charge on any atom is 0.0575 e. The summed E-state index contributed by atoms with van der Waals surface area (Å²) in [6.45, 7) is 17.3. The molecule has 3 aromatic carbocycles. The number of anilines is 2. The number of hydrogen-bond donors (Lipinski definition) is 0. The Bertz CT molecular complexity index is 1910. The van der Waals surface area contributed by atoms with E-state index in [0.29, 0.717) is 11.8 Å². The Morgan fingerprint density at radius 1 is 0.844 bits per heavy atom. The van der Waals surface area contributed by atoms with Gasteiger partial charge in [-0.15, -0.1) is 13.2 Å². The fourth-order valence-corrected chi connectivity index (χ4v) is 9.58. The molecule has 6 atom stereocenters. The lowest BCUT2D eigenvalue weighted by Crippen LogP contribution is -2.61. The Kier molecular flexibility index (Phi) is 6.32. The van der Waals surface area contributed by atoms with Gasteiger partial charge in [0.2, 0.25) is 0 Å². The lowest BCUT2D eigenvalue weighted by molar-refractivity contribution is 0.0951. The molecule has 2 nitrogen and oxygen atoms in total. The summed E-state index contributed by atoms with van der Waals surface area (Å²) in [5.41, 5.74) is 10.3. The number of aromatic nitrogens is 1. The Morgan fingerprint density at radius 3 is 2.36 bits per heavy atom. The second-order valence-corrected chi connectivity index (χ2v) is 12.9. The van der Waals surface area contributed by atoms with Gasteiger partial charge in [-0.25, -0.2) is 0 Å². The minimum Gasteiger partial charge on any atom is -0.313 e. The van der Waals surface area contributed by atoms with E-state index in [-0.39, 0.29) is 17.3 Å². The summed E-state index contributed by atoms with van der Waals surface area (Å²) in [6.07, 6.45) is 22.2. The molecule has 2 heteroatoms. The number of allylic oxidation sites excluding steroid dienone is 6. The van der Waals surface area contributed by atoms with E-state index >= 15 is 0 Å². The van der Waals surface area contributed by atoms with Crippen LogP contribution in [-0.4, -0.2) is 4.98 Å². The topological polar surface area (TPSA) is 16.1 Å². The molecular weight excluding hydrogens is 544 g/mol. The maximum absolute atomic E-state index is 4.56. The van der Waals surface area contributed by atoms with Crippen LogP contribution >= 0.6 is 0 Å². The molecule has 1 aromatic heterocycles. The highest BCUT2D eigenvalue weighted by molar-refractivity contribution is 5.89. The molecule has 0 amide bonds. The normalized spacial score (nSPS) is 28.8. The van der Waals surface area contributed by atoms with Crippen LogP contribution in [0.15, 0.2) is 154 Å². The molecule has 1 fully saturated rings. The van der Waals surface area contributed by atoms with Crippen molar-refractivity contribution >= 4 is 23.5 Å². The molecule has 2 heterocycles. The largest absolute Gasteiger partial charge is 0.313 e. The zero-order chi connectivity index (χ0) is 30.8. The molecule has 1 spiro atoms. The Balaban J connectivity index is 1.51. The molecule has 6 aliphatic carbocycles. The summed E-state index contributed by atoms with van der Waals surface area (Å²) in [5.74, 6) is 1.21. The summed E-state index contributed by atoms with van der Waals surface area (Å²) < 4.78 is 0. The Labute approximate surface area is 267 Å². The summed E-state index contributed by atoms with van der Waals surface area (Å²) in [6, 6.07) is 28.9. The molecule has 0 N–H and O–H groups in total. The van der Waals surface area contributed by atoms with Crippen molar-refractivity contribution in [2.24, 2.45) is 23.7 Å². The van der Waals surface area contributed by atoms with Crippen LogP contribution in [-0.2, 0) is 10.8 Å². The third-order valence-corrected chi connectivity index (χ3v) is 11.3. The quantitative estimate of drug-likeness (QED) is 0.202. The first-order chi connectivity index (χ1) is 22.1. The van der Waals surface area contributed by atoms with Crippen molar-refractivity contribution in [1.29, 1.82) is 0 Å². The van der Waals surface area contributed by atoms with Crippen molar-refractivity contribution in [2.75, 3.05) is 4.90 Å². The first-order valence-electron chi connectivity index (χ1n) is 16.1. The molecule has 0 radical (unpaired) electrons. The van der Waals surface area contributed by atoms with Crippen LogP contribution < -0.4 is 4.90 Å². The van der Waals surface area contributed by atoms with Crippen LogP contribution in [0.3, 0.4) is 0 Å². The molecule has 11 rings (SSSR count). The number of benzene rings is 3. The van der Waals surface area contributed by atoms with E-state index < -0.39 is 5.41 Å². The van der Waals surface area contributed by atoms with Gasteiger partial charge in [0, 0.05) is 29.2 Å². The van der Waals surface area contributed by atoms with Gasteiger partial charge in [-0.05, 0) is 100 Å². The highest BCUT2D eigenvalue weighted by Gasteiger charge is 2.68. The Hall–Kier alpha value is -4.95. The van der Waals surface area contributed by atoms with Gasteiger partial charge in [-0.2, -0.15) is 0 Å². The maximum atomic E-state index is 4.56. The van der Waals surface area contributed by atoms with Crippen molar-refractivity contribution in [3.8, 4) is 11.1 Å². The number of para-hydroxylation sites is 1. The van der Waals surface area contributed by atoms with E-state index in [1.807, 2.05) is 24.5 Å². The van der Waals surface area contributed by atoms with Crippen LogP contribution in [0.25, 0.3) is 23.3 Å². The summed E-state index contributed by atoms with van der Waals surface area (Å²) in [4.78, 5) is 7.02. The summed E-state index contributed by atoms with van der Waals surface area (Å²) in [7, 11) is 0. The van der Waals surface area contributed by atoms with Gasteiger partial charge >= 0.3 is 0 Å². The average molecular weight is 583 g/mol. The van der Waals surface area contributed by atoms with Gasteiger partial charge in [0.15, 0.2) is 0 Å². The molecular formula is C43H38N2. The lowest BCUT2D eigenvalue weighted by Gasteiger charge is -2.62. The van der Waals surface area contributed by atoms with Crippen molar-refractivity contribution in [3.05, 3.63) is 176 Å². The van der Waals surface area contributed by atoms with Crippen molar-refractivity contribution < 1.29 is 0 Å². The predicted molar refractivity (Wildman–Crippen MR) is 189 cm³/mol. The van der Waals surface area contributed by atoms with Gasteiger partial charge in [-0.3, -0.25) is 4.98 Å². The first-order valence-corrected chi connectivity index (χ1v) is 16.1. The third kappa shape index (κ3) is 3.54. The minimum absolute atomic E-state index is 0.145. The summed E-state index contributed by atoms with van der Waals surface area (Å²) in [5, 5.41) is 0. The second-order valence-electron chi connectivity index (χ2n) is 12.9. The van der Waals surface area contributed by atoms with Gasteiger partial charge in [0.25, 0.3) is 0 Å². The van der Waals surface area contributed by atoms with Gasteiger partial charge in [0.05, 0.1) is 11.1 Å². The van der Waals surface area contributed by atoms with Gasteiger partial charge < -0.3 is 4.90 Å². The smallest absolute Gasteiger partial charge is 0.0575 e. The number of pyridine rings is 1. The van der Waals surface area contributed by atoms with Crippen molar-refractivity contribution in [3.63, 3.8) is 0 Å². The van der Waals surface area contributed by atoms with Crippen molar-refractivity contribution in [1.82, 2.24) is 4.98 Å². The predicted octanol–water partition coefficient (Wildman–Crippen LogP) is 10.5. The zero-order valence-corrected chi connectivity index (χ0v) is 25.6. The fourth-order valence-electron chi connectivity index (χ4n) is 9.58. The van der Waals surface area contributed by atoms with E-state index in [1.165, 1.54) is 33.8 Å². The van der Waals surface area contributed by atoms with Crippen molar-refractivity contribution in [2.45, 2.75) is 23.7 Å². The summed E-state index contributed by atoms with van der Waals surface area (Å²) >= 11 is 0. The van der Waals surface area contributed by atoms with Crippen LogP contribution in [0.4, 0.5) is 11.4 Å². The molecule has 45 heavy (non-hydrogen) atoms. The third-order valence-electron chi connectivity index (χ3n) is 11.3. The molecule has 220 valence electrons. The van der Waals surface area contributed by atoms with E-state index in [2.05, 4.69) is 145 Å². The molecule has 1 saturated carbocycles. The highest BCUT2D eigenvalue weighted by atomic mass is 15.2.